The van der Waals surface area contributed by atoms with Crippen LogP contribution in [0.2, 0.25) is 0 Å². The van der Waals surface area contributed by atoms with Crippen LogP contribution in [0, 0.1) is 6.92 Å². The van der Waals surface area contributed by atoms with E-state index < -0.39 is 5.91 Å². The molecule has 15 nitrogen and oxygen atoms in total. The highest BCUT2D eigenvalue weighted by atomic mass is 16.5. The minimum Gasteiger partial charge on any atom is -0.494 e. The molecule has 0 saturated carbocycles. The molecule has 48 heavy (non-hydrogen) atoms. The second-order valence-corrected chi connectivity index (χ2v) is 10.8. The monoisotopic (exact) mass is 658 g/mol. The number of amides is 2. The summed E-state index contributed by atoms with van der Waals surface area (Å²) in [7, 11) is 3.25. The summed E-state index contributed by atoms with van der Waals surface area (Å²) in [5.41, 5.74) is 15.8. The number of unbranched alkanes of at least 4 members (excludes halogenated alkanes) is 1. The average Bonchev–Trinajstić information content (AvgIpc) is 3.64. The lowest BCUT2D eigenvalue weighted by Crippen LogP contribution is -2.39. The van der Waals surface area contributed by atoms with Gasteiger partial charge in [-0.15, -0.1) is 0 Å². The molecule has 4 rings (SSSR count). The van der Waals surface area contributed by atoms with Crippen LogP contribution in [0.15, 0.2) is 47.5 Å². The summed E-state index contributed by atoms with van der Waals surface area (Å²) in [4.78, 5) is 46.7. The van der Waals surface area contributed by atoms with Crippen LogP contribution in [-0.4, -0.2) is 78.1 Å². The third kappa shape index (κ3) is 7.92. The number of nitrogens with two attached hydrogens (primary N) is 2. The van der Waals surface area contributed by atoms with Gasteiger partial charge < -0.3 is 45.8 Å². The molecule has 0 spiro atoms. The van der Waals surface area contributed by atoms with Crippen molar-refractivity contribution in [1.29, 1.82) is 0 Å². The van der Waals surface area contributed by atoms with Gasteiger partial charge in [-0.1, -0.05) is 12.2 Å². The van der Waals surface area contributed by atoms with Crippen LogP contribution in [0.4, 0.5) is 23.0 Å². The molecule has 0 aliphatic carbocycles. The molecule has 0 saturated heterocycles. The minimum atomic E-state index is -0.644. The van der Waals surface area contributed by atoms with Crippen LogP contribution in [-0.2, 0) is 17.9 Å². The van der Waals surface area contributed by atoms with Crippen molar-refractivity contribution in [1.82, 2.24) is 24.6 Å². The first-order valence-electron chi connectivity index (χ1n) is 15.4. The van der Waals surface area contributed by atoms with Gasteiger partial charge in [-0.3, -0.25) is 19.3 Å². The molecule has 2 aromatic carbocycles. The van der Waals surface area contributed by atoms with E-state index in [2.05, 4.69) is 32.4 Å². The van der Waals surface area contributed by atoms with E-state index in [0.29, 0.717) is 84.8 Å². The Balaban J connectivity index is 1.66. The molecule has 4 aromatic rings. The van der Waals surface area contributed by atoms with E-state index in [9.17, 15) is 14.4 Å². The number of rotatable bonds is 18. The number of imidazole rings is 1. The number of anilines is 3. The molecule has 0 atom stereocenters. The van der Waals surface area contributed by atoms with E-state index in [1.165, 1.54) is 19.2 Å². The zero-order valence-corrected chi connectivity index (χ0v) is 27.7. The van der Waals surface area contributed by atoms with Crippen LogP contribution in [0.5, 0.6) is 11.5 Å². The molecular formula is C33H42N10O5. The van der Waals surface area contributed by atoms with E-state index in [1.807, 2.05) is 35.5 Å². The molecule has 0 radical (unpaired) electrons. The Morgan fingerprint density at radius 1 is 1.17 bits per heavy atom. The summed E-state index contributed by atoms with van der Waals surface area (Å²) in [5.74, 6) is 0.542. The van der Waals surface area contributed by atoms with Crippen LogP contribution < -0.4 is 36.5 Å². The number of aliphatic imine (C=N–C) groups is 1. The third-order valence-electron chi connectivity index (χ3n) is 7.47. The zero-order valence-electron chi connectivity index (χ0n) is 27.7. The molecule has 15 heteroatoms. The molecule has 0 fully saturated rings. The van der Waals surface area contributed by atoms with Crippen molar-refractivity contribution < 1.29 is 23.9 Å². The van der Waals surface area contributed by atoms with Crippen LogP contribution in [0.25, 0.3) is 11.0 Å². The van der Waals surface area contributed by atoms with Gasteiger partial charge in [0.05, 0.1) is 37.3 Å². The largest absolute Gasteiger partial charge is 0.494 e. The first-order valence-corrected chi connectivity index (χ1v) is 15.4. The molecule has 0 aliphatic heterocycles. The number of ether oxygens (including phenoxy) is 2. The summed E-state index contributed by atoms with van der Waals surface area (Å²) >= 11 is 0. The Kier molecular flexibility index (Phi) is 11.7. The van der Waals surface area contributed by atoms with Crippen molar-refractivity contribution in [2.45, 2.75) is 39.8 Å². The molecule has 254 valence electrons. The number of aldehydes is 1. The van der Waals surface area contributed by atoms with Crippen LogP contribution in [0.3, 0.4) is 0 Å². The number of methoxy groups -OCH3 is 1. The second-order valence-electron chi connectivity index (χ2n) is 10.8. The molecule has 2 aromatic heterocycles. The maximum atomic E-state index is 13.3. The summed E-state index contributed by atoms with van der Waals surface area (Å²) in [6.45, 7) is 9.06. The molecule has 2 amide bonds. The Morgan fingerprint density at radius 2 is 1.96 bits per heavy atom. The number of carbonyl (C=O) groups excluding carboxylic acids is 3. The van der Waals surface area contributed by atoms with Gasteiger partial charge >= 0.3 is 0 Å². The summed E-state index contributed by atoms with van der Waals surface area (Å²) < 4.78 is 15.3. The predicted octanol–water partition coefficient (Wildman–Crippen LogP) is 3.43. The number of hydrogen-bond acceptors (Lipinski definition) is 11. The van der Waals surface area contributed by atoms with E-state index in [4.69, 9.17) is 20.9 Å². The van der Waals surface area contributed by atoms with E-state index in [1.54, 1.807) is 29.9 Å². The number of aryl methyl sites for hydroxylation is 2. The lowest BCUT2D eigenvalue weighted by molar-refractivity contribution is -0.108. The van der Waals surface area contributed by atoms with Gasteiger partial charge in [0.25, 0.3) is 5.91 Å². The average molecular weight is 659 g/mol. The molecule has 0 bridgehead atoms. The number of nitrogens with zero attached hydrogens (tertiary/aromatic N) is 6. The third-order valence-corrected chi connectivity index (χ3v) is 7.47. The van der Waals surface area contributed by atoms with Gasteiger partial charge in [0.2, 0.25) is 11.9 Å². The quantitative estimate of drug-likeness (QED) is 0.0307. The van der Waals surface area contributed by atoms with Gasteiger partial charge in [-0.25, -0.2) is 4.98 Å². The maximum absolute atomic E-state index is 13.3. The number of nitrogens with one attached hydrogen (secondary N) is 2. The molecule has 2 heterocycles. The molecular weight excluding hydrogens is 616 g/mol. The Bertz CT molecular complexity index is 1830. The highest BCUT2D eigenvalue weighted by Crippen LogP contribution is 2.39. The number of allylic oxidation sites excluding steroid dienone is 1. The topological polar surface area (TPSA) is 197 Å². The number of carbonyl (C=O) groups is 3. The first-order chi connectivity index (χ1) is 23.1. The fraction of sp³-hybridized carbons (Fsp3) is 0.333. The smallest absolute Gasteiger partial charge is 0.270 e. The normalized spacial score (nSPS) is 11.1. The van der Waals surface area contributed by atoms with Gasteiger partial charge in [-0.05, 0) is 51.3 Å². The number of primary amides is 1. The van der Waals surface area contributed by atoms with Gasteiger partial charge in [0.1, 0.15) is 34.7 Å². The predicted molar refractivity (Wildman–Crippen MR) is 187 cm³/mol. The van der Waals surface area contributed by atoms with E-state index in [0.717, 1.165) is 17.5 Å². The highest BCUT2D eigenvalue weighted by Gasteiger charge is 2.21. The Labute approximate surface area is 278 Å². The van der Waals surface area contributed by atoms with Crippen LogP contribution in [0.1, 0.15) is 46.3 Å². The van der Waals surface area contributed by atoms with Crippen molar-refractivity contribution in [3.8, 4) is 11.5 Å². The van der Waals surface area contributed by atoms with Crippen molar-refractivity contribution in [3.63, 3.8) is 0 Å². The maximum Gasteiger partial charge on any atom is 0.270 e. The molecule has 6 N–H and O–H groups in total. The second kappa shape index (κ2) is 16.1. The summed E-state index contributed by atoms with van der Waals surface area (Å²) in [6, 6.07) is 8.30. The lowest BCUT2D eigenvalue weighted by Gasteiger charge is -2.27. The minimum absolute atomic E-state index is 0.0553. The number of benzene rings is 2. The van der Waals surface area contributed by atoms with E-state index >= 15 is 0 Å². The SMILES string of the molecule is C=Nc1cc(C(N)=O)cc(OC)c1N(C/C=C/Cn1c(NC)nc2cc(N)cc(OCCCC=O)c21)CNC(=O)c1cc(C)nn1CC. The lowest BCUT2D eigenvalue weighted by atomic mass is 10.1. The summed E-state index contributed by atoms with van der Waals surface area (Å²) in [5, 5.41) is 10.5. The van der Waals surface area contributed by atoms with Crippen molar-refractivity contribution in [2.75, 3.05) is 49.9 Å². The van der Waals surface area contributed by atoms with Gasteiger partial charge in [0.15, 0.2) is 0 Å². The fourth-order valence-electron chi connectivity index (χ4n) is 5.25. The van der Waals surface area contributed by atoms with Gasteiger partial charge in [-0.2, -0.15) is 5.10 Å². The van der Waals surface area contributed by atoms with E-state index in [-0.39, 0.29) is 18.1 Å². The van der Waals surface area contributed by atoms with Gasteiger partial charge in [0, 0.05) is 50.4 Å². The number of fused-ring (bicyclic) bond motifs is 1. The zero-order chi connectivity index (χ0) is 34.8. The van der Waals surface area contributed by atoms with Crippen LogP contribution >= 0.6 is 0 Å². The Hall–Kier alpha value is -5.86. The standard InChI is InChI=1S/C33H42N10O5/c1-6-43-26(15-21(2)40-43)32(46)38-20-41(29-24(36-3)16-22(31(35)45)17-27(29)47-5)11-7-8-12-42-30-25(39-33(42)37-4)18-23(34)19-28(30)48-14-10-9-13-44/h7-8,13,15-19H,3,6,9-12,14,20,34H2,1-2,4-5H3,(H2,35,45)(H,37,39)(H,38,46)/b8-7+. The molecule has 0 aliphatic rings. The van der Waals surface area contributed by atoms with Crippen molar-refractivity contribution >= 4 is 58.9 Å². The first kappa shape index (κ1) is 35.0. The number of aromatic nitrogens is 4. The Morgan fingerprint density at radius 3 is 2.62 bits per heavy atom. The van der Waals surface area contributed by atoms with Crippen molar-refractivity contribution in [2.24, 2.45) is 10.7 Å². The molecule has 0 unspecified atom stereocenters. The summed E-state index contributed by atoms with van der Waals surface area (Å²) in [6.07, 6.45) is 5.70. The number of hydrogen-bond donors (Lipinski definition) is 4. The highest BCUT2D eigenvalue weighted by molar-refractivity contribution is 5.97. The fourth-order valence-corrected chi connectivity index (χ4v) is 5.25. The number of nitrogen functional groups attached to an aromatic ring is 1. The van der Waals surface area contributed by atoms with Crippen molar-refractivity contribution in [3.05, 3.63) is 59.4 Å².